The maximum Gasteiger partial charge on any atom is 0.325 e. The normalized spacial score (nSPS) is 14.1. The summed E-state index contributed by atoms with van der Waals surface area (Å²) in [5.41, 5.74) is 5.18. The first-order valence-corrected chi connectivity index (χ1v) is 3.85. The van der Waals surface area contributed by atoms with Gasteiger partial charge in [-0.3, -0.25) is 14.4 Å². The van der Waals surface area contributed by atoms with Crippen molar-refractivity contribution < 1.29 is 24.6 Å². The maximum absolute atomic E-state index is 11.0. The van der Waals surface area contributed by atoms with Gasteiger partial charge in [-0.15, -0.1) is 0 Å². The Bertz CT molecular complexity index is 252. The molecule has 7 nitrogen and oxygen atoms in total. The summed E-state index contributed by atoms with van der Waals surface area (Å²) in [4.78, 5) is 31.5. The number of amides is 1. The van der Waals surface area contributed by atoms with Gasteiger partial charge in [-0.25, -0.2) is 0 Å². The van der Waals surface area contributed by atoms with Gasteiger partial charge in [0.1, 0.15) is 6.04 Å². The Morgan fingerprint density at radius 2 is 1.86 bits per heavy atom. The number of aliphatic carboxylic acids is 2. The molecule has 0 aromatic heterocycles. The van der Waals surface area contributed by atoms with Gasteiger partial charge in [0.25, 0.3) is 0 Å². The predicted molar refractivity (Wildman–Crippen MR) is 45.5 cm³/mol. The Hall–Kier alpha value is -1.63. The summed E-state index contributed by atoms with van der Waals surface area (Å²) >= 11 is 0. The third-order valence-corrected chi connectivity index (χ3v) is 1.46. The quantitative estimate of drug-likeness (QED) is 0.425. The number of hydrogen-bond acceptors (Lipinski definition) is 4. The van der Waals surface area contributed by atoms with Crippen LogP contribution in [0.1, 0.15) is 13.3 Å². The minimum atomic E-state index is -1.23. The molecule has 0 aromatic rings. The van der Waals surface area contributed by atoms with E-state index in [4.69, 9.17) is 15.9 Å². The molecule has 0 rings (SSSR count). The van der Waals surface area contributed by atoms with E-state index in [-0.39, 0.29) is 0 Å². The number of carbonyl (C=O) groups excluding carboxylic acids is 1. The Morgan fingerprint density at radius 3 is 2.21 bits per heavy atom. The number of nitrogens with two attached hydrogens (primary N) is 1. The highest BCUT2D eigenvalue weighted by atomic mass is 16.4. The molecule has 1 amide bonds. The van der Waals surface area contributed by atoms with Gasteiger partial charge in [0.2, 0.25) is 5.91 Å². The van der Waals surface area contributed by atoms with Gasteiger partial charge in [-0.05, 0) is 6.92 Å². The second-order valence-corrected chi connectivity index (χ2v) is 2.77. The van der Waals surface area contributed by atoms with E-state index < -0.39 is 36.4 Å². The Labute approximate surface area is 79.9 Å². The molecule has 0 bridgehead atoms. The lowest BCUT2D eigenvalue weighted by Crippen LogP contribution is -2.47. The van der Waals surface area contributed by atoms with Crippen LogP contribution in [0, 0.1) is 0 Å². The molecule has 0 aromatic carbocycles. The van der Waals surface area contributed by atoms with Crippen molar-refractivity contribution in [3.05, 3.63) is 0 Å². The summed E-state index contributed by atoms with van der Waals surface area (Å²) in [6, 6.07) is -2.31. The predicted octanol–water partition coefficient (Wildman–Crippen LogP) is -1.62. The lowest BCUT2D eigenvalue weighted by molar-refractivity contribution is -0.142. The lowest BCUT2D eigenvalue weighted by atomic mass is 10.2. The Morgan fingerprint density at radius 1 is 1.36 bits per heavy atom. The van der Waals surface area contributed by atoms with Crippen molar-refractivity contribution >= 4 is 17.8 Å². The van der Waals surface area contributed by atoms with Crippen LogP contribution in [-0.4, -0.2) is 40.1 Å². The molecule has 0 spiro atoms. The topological polar surface area (TPSA) is 130 Å². The van der Waals surface area contributed by atoms with Gasteiger partial charge in [0.15, 0.2) is 0 Å². The van der Waals surface area contributed by atoms with Crippen molar-refractivity contribution in [1.29, 1.82) is 0 Å². The number of carboxylic acid groups (broad SMARTS) is 2. The maximum atomic E-state index is 11.0. The van der Waals surface area contributed by atoms with Crippen molar-refractivity contribution in [3.63, 3.8) is 0 Å². The molecule has 7 heteroatoms. The zero-order valence-corrected chi connectivity index (χ0v) is 7.56. The minimum Gasteiger partial charge on any atom is -0.481 e. The summed E-state index contributed by atoms with van der Waals surface area (Å²) in [6.45, 7) is 1.26. The molecule has 0 radical (unpaired) electrons. The van der Waals surface area contributed by atoms with Crippen molar-refractivity contribution in [2.24, 2.45) is 5.73 Å². The highest BCUT2D eigenvalue weighted by Crippen LogP contribution is 1.90. The molecule has 0 unspecified atom stereocenters. The highest BCUT2D eigenvalue weighted by Gasteiger charge is 2.21. The number of carbonyl (C=O) groups is 3. The molecule has 0 saturated carbocycles. The molecule has 0 fully saturated rings. The van der Waals surface area contributed by atoms with Crippen molar-refractivity contribution in [1.82, 2.24) is 5.32 Å². The first-order valence-electron chi connectivity index (χ1n) is 3.85. The van der Waals surface area contributed by atoms with Gasteiger partial charge in [-0.1, -0.05) is 0 Å². The summed E-state index contributed by atoms with van der Waals surface area (Å²) in [5, 5.41) is 18.8. The van der Waals surface area contributed by atoms with E-state index >= 15 is 0 Å². The zero-order chi connectivity index (χ0) is 11.3. The molecule has 0 aliphatic rings. The number of hydrogen-bond donors (Lipinski definition) is 4. The molecule has 5 N–H and O–H groups in total. The number of carboxylic acids is 2. The van der Waals surface area contributed by atoms with Gasteiger partial charge < -0.3 is 21.3 Å². The average Bonchev–Trinajstić information content (AvgIpc) is 2.02. The molecule has 14 heavy (non-hydrogen) atoms. The third-order valence-electron chi connectivity index (χ3n) is 1.46. The highest BCUT2D eigenvalue weighted by molar-refractivity contribution is 5.89. The van der Waals surface area contributed by atoms with E-state index in [9.17, 15) is 14.4 Å². The van der Waals surface area contributed by atoms with Crippen molar-refractivity contribution in [2.75, 3.05) is 0 Å². The van der Waals surface area contributed by atoms with Crippen LogP contribution in [0.3, 0.4) is 0 Å². The van der Waals surface area contributed by atoms with E-state index in [1.54, 1.807) is 0 Å². The zero-order valence-electron chi connectivity index (χ0n) is 7.56. The van der Waals surface area contributed by atoms with Crippen LogP contribution in [-0.2, 0) is 14.4 Å². The first-order chi connectivity index (χ1) is 6.34. The lowest BCUT2D eigenvalue weighted by Gasteiger charge is -2.12. The van der Waals surface area contributed by atoms with E-state index in [0.29, 0.717) is 0 Å². The second kappa shape index (κ2) is 5.18. The van der Waals surface area contributed by atoms with E-state index in [0.717, 1.165) is 0 Å². The number of rotatable bonds is 5. The molecule has 0 aliphatic heterocycles. The second-order valence-electron chi connectivity index (χ2n) is 2.77. The largest absolute Gasteiger partial charge is 0.481 e. The van der Waals surface area contributed by atoms with Gasteiger partial charge in [-0.2, -0.15) is 0 Å². The summed E-state index contributed by atoms with van der Waals surface area (Å²) < 4.78 is 0. The smallest absolute Gasteiger partial charge is 0.325 e. The van der Waals surface area contributed by atoms with Crippen LogP contribution >= 0.6 is 0 Å². The SMILES string of the molecule is C[C@@H](NC(=O)[C@H](N)CC(=O)O)C(=O)O. The van der Waals surface area contributed by atoms with Crippen molar-refractivity contribution in [2.45, 2.75) is 25.4 Å². The van der Waals surface area contributed by atoms with Crippen LogP contribution < -0.4 is 11.1 Å². The summed E-state index contributed by atoms with van der Waals surface area (Å²) in [6.07, 6.45) is -0.530. The Balaban J connectivity index is 4.07. The molecular formula is C7H12N2O5. The molecule has 0 aliphatic carbocycles. The molecule has 2 atom stereocenters. The van der Waals surface area contributed by atoms with Crippen LogP contribution in [0.2, 0.25) is 0 Å². The van der Waals surface area contributed by atoms with Crippen LogP contribution in [0.25, 0.3) is 0 Å². The Kier molecular flexibility index (Phi) is 4.57. The fourth-order valence-corrected chi connectivity index (χ4v) is 0.663. The first kappa shape index (κ1) is 12.4. The average molecular weight is 204 g/mol. The van der Waals surface area contributed by atoms with E-state index in [2.05, 4.69) is 5.32 Å². The van der Waals surface area contributed by atoms with Gasteiger partial charge in [0, 0.05) is 0 Å². The number of nitrogens with one attached hydrogen (secondary N) is 1. The third kappa shape index (κ3) is 4.41. The molecule has 0 saturated heterocycles. The monoisotopic (exact) mass is 204 g/mol. The molecular weight excluding hydrogens is 192 g/mol. The fourth-order valence-electron chi connectivity index (χ4n) is 0.663. The van der Waals surface area contributed by atoms with Gasteiger partial charge in [0.05, 0.1) is 12.5 Å². The van der Waals surface area contributed by atoms with Crippen molar-refractivity contribution in [3.8, 4) is 0 Å². The van der Waals surface area contributed by atoms with Crippen LogP contribution in [0.4, 0.5) is 0 Å². The standard InChI is InChI=1S/C7H12N2O5/c1-3(7(13)14)9-6(12)4(8)2-5(10)11/h3-4H,2,8H2,1H3,(H,9,12)(H,10,11)(H,13,14)/t3-,4-/m1/s1. The van der Waals surface area contributed by atoms with Crippen LogP contribution in [0.15, 0.2) is 0 Å². The van der Waals surface area contributed by atoms with E-state index in [1.165, 1.54) is 6.92 Å². The molecule has 0 heterocycles. The summed E-state index contributed by atoms with van der Waals surface area (Å²) in [5.74, 6) is -3.21. The minimum absolute atomic E-state index is 0.530. The summed E-state index contributed by atoms with van der Waals surface area (Å²) in [7, 11) is 0. The van der Waals surface area contributed by atoms with Crippen LogP contribution in [0.5, 0.6) is 0 Å². The fraction of sp³-hybridized carbons (Fsp3) is 0.571. The van der Waals surface area contributed by atoms with E-state index in [1.807, 2.05) is 0 Å². The van der Waals surface area contributed by atoms with Gasteiger partial charge >= 0.3 is 11.9 Å². The molecule has 80 valence electrons.